The molecule has 6 heteroatoms. The maximum atomic E-state index is 11.6. The maximum absolute atomic E-state index is 11.6. The number of hydrogen-bond donors (Lipinski definition) is 1. The Morgan fingerprint density at radius 1 is 1.44 bits per heavy atom. The van der Waals surface area contributed by atoms with Crippen LogP contribution in [0.4, 0.5) is 5.82 Å². The third kappa shape index (κ3) is 2.28. The molecule has 6 nitrogen and oxygen atoms in total. The Morgan fingerprint density at radius 3 is 2.56 bits per heavy atom. The lowest BCUT2D eigenvalue weighted by Gasteiger charge is -2.47. The summed E-state index contributed by atoms with van der Waals surface area (Å²) in [4.78, 5) is 15.2. The topological polar surface area (TPSA) is 75.3 Å². The van der Waals surface area contributed by atoms with Gasteiger partial charge in [-0.15, -0.1) is 10.2 Å². The molecule has 0 saturated carbocycles. The van der Waals surface area contributed by atoms with Crippen LogP contribution in [-0.2, 0) is 0 Å². The predicted molar refractivity (Wildman–Crippen MR) is 69.5 cm³/mol. The highest BCUT2D eigenvalue weighted by Crippen LogP contribution is 2.26. The smallest absolute Gasteiger partial charge is 0.273 e. The zero-order valence-electron chi connectivity index (χ0n) is 11.1. The van der Waals surface area contributed by atoms with Gasteiger partial charge in [-0.3, -0.25) is 4.79 Å². The molecular formula is C12H19N5O. The fraction of sp³-hybridized carbons (Fsp3) is 0.583. The van der Waals surface area contributed by atoms with Crippen molar-refractivity contribution in [3.63, 3.8) is 0 Å². The molecule has 0 bridgehead atoms. The zero-order chi connectivity index (χ0) is 13.3. The lowest BCUT2D eigenvalue weighted by molar-refractivity contribution is 0.0821. The Balaban J connectivity index is 2.04. The van der Waals surface area contributed by atoms with E-state index >= 15 is 0 Å². The van der Waals surface area contributed by atoms with Crippen molar-refractivity contribution in [2.45, 2.75) is 18.9 Å². The van der Waals surface area contributed by atoms with Gasteiger partial charge in [-0.1, -0.05) is 6.92 Å². The van der Waals surface area contributed by atoms with Crippen molar-refractivity contribution < 1.29 is 4.79 Å². The molecular weight excluding hydrogens is 230 g/mol. The molecule has 0 atom stereocenters. The first-order chi connectivity index (χ1) is 8.45. The average Bonchev–Trinajstić information content (AvgIpc) is 2.34. The second-order valence-corrected chi connectivity index (χ2v) is 5.05. The minimum absolute atomic E-state index is 0.0974. The number of nitrogens with two attached hydrogens (primary N) is 1. The summed E-state index contributed by atoms with van der Waals surface area (Å²) in [5.74, 6) is 0.638. The Labute approximate surface area is 107 Å². The molecule has 1 aliphatic rings. The van der Waals surface area contributed by atoms with Gasteiger partial charge in [0.05, 0.1) is 5.54 Å². The number of aromatic nitrogens is 2. The van der Waals surface area contributed by atoms with E-state index in [2.05, 4.69) is 22.0 Å². The van der Waals surface area contributed by atoms with Crippen molar-refractivity contribution in [2.24, 2.45) is 5.73 Å². The van der Waals surface area contributed by atoms with Gasteiger partial charge in [-0.25, -0.2) is 0 Å². The van der Waals surface area contributed by atoms with Gasteiger partial charge in [0.25, 0.3) is 5.91 Å². The summed E-state index contributed by atoms with van der Waals surface area (Å²) < 4.78 is 0. The molecule has 1 aliphatic heterocycles. The number of carbonyl (C=O) groups is 1. The van der Waals surface area contributed by atoms with Gasteiger partial charge in [0.1, 0.15) is 0 Å². The summed E-state index contributed by atoms with van der Waals surface area (Å²) >= 11 is 0. The second-order valence-electron chi connectivity index (χ2n) is 5.05. The molecule has 1 aromatic rings. The second kappa shape index (κ2) is 4.53. The van der Waals surface area contributed by atoms with Crippen LogP contribution in [0.15, 0.2) is 12.1 Å². The fourth-order valence-corrected chi connectivity index (χ4v) is 1.94. The van der Waals surface area contributed by atoms with Gasteiger partial charge in [-0.2, -0.15) is 0 Å². The zero-order valence-corrected chi connectivity index (χ0v) is 11.1. The number of carbonyl (C=O) groups excluding carboxylic acids is 1. The largest absolute Gasteiger partial charge is 0.351 e. The normalized spacial score (nSPS) is 17.2. The summed E-state index contributed by atoms with van der Waals surface area (Å²) in [5.41, 5.74) is 6.36. The highest BCUT2D eigenvalue weighted by atomic mass is 16.2. The van der Waals surface area contributed by atoms with Crippen LogP contribution in [0.1, 0.15) is 23.8 Å². The van der Waals surface area contributed by atoms with Crippen LogP contribution in [0, 0.1) is 0 Å². The average molecular weight is 249 g/mol. The molecule has 2 N–H and O–H groups in total. The van der Waals surface area contributed by atoms with Crippen LogP contribution in [0.2, 0.25) is 0 Å². The van der Waals surface area contributed by atoms with Crippen LogP contribution < -0.4 is 10.6 Å². The van der Waals surface area contributed by atoms with Crippen molar-refractivity contribution in [1.82, 2.24) is 15.1 Å². The summed E-state index contributed by atoms with van der Waals surface area (Å²) in [6, 6.07) is 3.52. The molecule has 1 amide bonds. The number of anilines is 1. The van der Waals surface area contributed by atoms with Crippen LogP contribution >= 0.6 is 0 Å². The standard InChI is InChI=1S/C12H19N5O/c1-4-12(13)7-17(8-12)10-6-5-9(14-15-10)11(18)16(2)3/h5-6H,4,7-8,13H2,1-3H3. The van der Waals surface area contributed by atoms with Gasteiger partial charge < -0.3 is 15.5 Å². The first kappa shape index (κ1) is 12.8. The van der Waals surface area contributed by atoms with E-state index in [1.54, 1.807) is 20.2 Å². The highest BCUT2D eigenvalue weighted by molar-refractivity contribution is 5.91. The monoisotopic (exact) mass is 249 g/mol. The SMILES string of the molecule is CCC1(N)CN(c2ccc(C(=O)N(C)C)nn2)C1. The third-order valence-electron chi connectivity index (χ3n) is 3.32. The van der Waals surface area contributed by atoms with Gasteiger partial charge in [0.15, 0.2) is 11.5 Å². The van der Waals surface area contributed by atoms with Crippen LogP contribution in [-0.4, -0.2) is 53.7 Å². The van der Waals surface area contributed by atoms with E-state index in [9.17, 15) is 4.79 Å². The lowest BCUT2D eigenvalue weighted by atomic mass is 9.88. The first-order valence-corrected chi connectivity index (χ1v) is 6.04. The molecule has 18 heavy (non-hydrogen) atoms. The van der Waals surface area contributed by atoms with Crippen molar-refractivity contribution in [1.29, 1.82) is 0 Å². The minimum Gasteiger partial charge on any atom is -0.351 e. The van der Waals surface area contributed by atoms with E-state index in [-0.39, 0.29) is 11.4 Å². The molecule has 2 heterocycles. The Morgan fingerprint density at radius 2 is 2.11 bits per heavy atom. The quantitative estimate of drug-likeness (QED) is 0.822. The lowest BCUT2D eigenvalue weighted by Crippen LogP contribution is -2.67. The van der Waals surface area contributed by atoms with E-state index in [0.717, 1.165) is 25.3 Å². The van der Waals surface area contributed by atoms with Gasteiger partial charge >= 0.3 is 0 Å². The molecule has 1 saturated heterocycles. The molecule has 98 valence electrons. The molecule has 0 aliphatic carbocycles. The summed E-state index contributed by atoms with van der Waals surface area (Å²) in [7, 11) is 3.38. The molecule has 1 fully saturated rings. The maximum Gasteiger partial charge on any atom is 0.273 e. The molecule has 0 aromatic carbocycles. The highest BCUT2D eigenvalue weighted by Gasteiger charge is 2.38. The van der Waals surface area contributed by atoms with E-state index in [0.29, 0.717) is 5.69 Å². The number of amides is 1. The summed E-state index contributed by atoms with van der Waals surface area (Å²) in [5, 5.41) is 8.03. The number of nitrogens with zero attached hydrogens (tertiary/aromatic N) is 4. The van der Waals surface area contributed by atoms with E-state index in [1.165, 1.54) is 4.90 Å². The minimum atomic E-state index is -0.139. The molecule has 2 rings (SSSR count). The first-order valence-electron chi connectivity index (χ1n) is 6.04. The molecule has 0 unspecified atom stereocenters. The van der Waals surface area contributed by atoms with Crippen molar-refractivity contribution in [2.75, 3.05) is 32.1 Å². The van der Waals surface area contributed by atoms with E-state index < -0.39 is 0 Å². The van der Waals surface area contributed by atoms with Crippen LogP contribution in [0.5, 0.6) is 0 Å². The third-order valence-corrected chi connectivity index (χ3v) is 3.32. The fourth-order valence-electron chi connectivity index (χ4n) is 1.94. The van der Waals surface area contributed by atoms with Gasteiger partial charge in [0, 0.05) is 27.2 Å². The summed E-state index contributed by atoms with van der Waals surface area (Å²) in [6.45, 7) is 3.67. The van der Waals surface area contributed by atoms with E-state index in [1.807, 2.05) is 6.07 Å². The molecule has 1 aromatic heterocycles. The van der Waals surface area contributed by atoms with Crippen LogP contribution in [0.3, 0.4) is 0 Å². The van der Waals surface area contributed by atoms with E-state index in [4.69, 9.17) is 5.73 Å². The Hall–Kier alpha value is -1.69. The number of hydrogen-bond acceptors (Lipinski definition) is 5. The summed E-state index contributed by atoms with van der Waals surface area (Å²) in [6.07, 6.45) is 0.953. The molecule has 0 radical (unpaired) electrons. The molecule has 0 spiro atoms. The van der Waals surface area contributed by atoms with Crippen molar-refractivity contribution in [3.05, 3.63) is 17.8 Å². The predicted octanol–water partition coefficient (Wildman–Crippen LogP) is 0.106. The van der Waals surface area contributed by atoms with Crippen molar-refractivity contribution >= 4 is 11.7 Å². The van der Waals surface area contributed by atoms with Gasteiger partial charge in [-0.05, 0) is 18.6 Å². The number of rotatable bonds is 3. The Bertz CT molecular complexity index is 436. The van der Waals surface area contributed by atoms with Crippen LogP contribution in [0.25, 0.3) is 0 Å². The Kier molecular flexibility index (Phi) is 3.21. The van der Waals surface area contributed by atoms with Crippen molar-refractivity contribution in [3.8, 4) is 0 Å². The van der Waals surface area contributed by atoms with Gasteiger partial charge in [0.2, 0.25) is 0 Å².